The summed E-state index contributed by atoms with van der Waals surface area (Å²) in [5.41, 5.74) is 14.9. The Balaban J connectivity index is 1.04. The number of fused-ring (bicyclic) bond motifs is 6. The van der Waals surface area contributed by atoms with Gasteiger partial charge in [-0.1, -0.05) is 140 Å². The van der Waals surface area contributed by atoms with Gasteiger partial charge in [0.2, 0.25) is 0 Å². The molecule has 0 bridgehead atoms. The van der Waals surface area contributed by atoms with Crippen molar-refractivity contribution in [1.82, 2.24) is 9.97 Å². The van der Waals surface area contributed by atoms with Crippen LogP contribution in [0.2, 0.25) is 0 Å². The van der Waals surface area contributed by atoms with E-state index in [2.05, 4.69) is 146 Å². The van der Waals surface area contributed by atoms with Gasteiger partial charge >= 0.3 is 0 Å². The van der Waals surface area contributed by atoms with Crippen LogP contribution in [0.15, 0.2) is 203 Å². The molecular formula is C52H32N2O2. The molecule has 11 rings (SSSR count). The predicted octanol–water partition coefficient (Wildman–Crippen LogP) is 14.3. The van der Waals surface area contributed by atoms with Crippen molar-refractivity contribution >= 4 is 43.9 Å². The minimum Gasteiger partial charge on any atom is -0.456 e. The molecule has 3 heterocycles. The van der Waals surface area contributed by atoms with Gasteiger partial charge in [-0.3, -0.25) is 0 Å². The molecule has 0 atom stereocenters. The van der Waals surface area contributed by atoms with E-state index >= 15 is 0 Å². The zero-order chi connectivity index (χ0) is 37.0. The summed E-state index contributed by atoms with van der Waals surface area (Å²) in [5.74, 6) is 0.654. The molecule has 0 spiro atoms. The van der Waals surface area contributed by atoms with Gasteiger partial charge in [0.15, 0.2) is 5.82 Å². The molecule has 0 aliphatic rings. The smallest absolute Gasteiger partial charge is 0.160 e. The van der Waals surface area contributed by atoms with Crippen molar-refractivity contribution in [3.8, 4) is 67.3 Å². The SMILES string of the molecule is c1ccc(-c2cccc(-c3cccc(-c4ccc5oc6cccc(-c7cc(-c8ccc9c(c8)oc8ccccc89)nc(-c8ccccc8)n7)c6c5c4)c3)c2)cc1. The molecule has 0 aliphatic carbocycles. The molecule has 0 saturated carbocycles. The second kappa shape index (κ2) is 13.1. The number of benzene rings is 8. The van der Waals surface area contributed by atoms with Crippen molar-refractivity contribution in [2.24, 2.45) is 0 Å². The van der Waals surface area contributed by atoms with Gasteiger partial charge in [0.25, 0.3) is 0 Å². The van der Waals surface area contributed by atoms with E-state index in [1.165, 1.54) is 22.3 Å². The second-order valence-corrected chi connectivity index (χ2v) is 14.2. The van der Waals surface area contributed by atoms with E-state index in [1.807, 2.05) is 48.5 Å². The Hall–Kier alpha value is -7.56. The lowest BCUT2D eigenvalue weighted by Crippen LogP contribution is -1.96. The standard InChI is InChI=1S/C52H32N2O2/c1-3-12-33(13-4-1)35-16-9-17-36(28-35)37-18-10-19-38(29-37)39-25-27-48-44(30-39)51-43(21-11-23-49(51)55-48)46-32-45(53-52(54-46)34-14-5-2-6-15-34)40-24-26-42-41-20-7-8-22-47(41)56-50(42)31-40/h1-32H. The quantitative estimate of drug-likeness (QED) is 0.172. The molecule has 4 heteroatoms. The van der Waals surface area contributed by atoms with Crippen molar-refractivity contribution < 1.29 is 8.83 Å². The first-order valence-electron chi connectivity index (χ1n) is 18.8. The molecular weight excluding hydrogens is 685 g/mol. The van der Waals surface area contributed by atoms with Gasteiger partial charge in [0.1, 0.15) is 22.3 Å². The number of hydrogen-bond acceptors (Lipinski definition) is 4. The molecule has 11 aromatic rings. The molecule has 262 valence electrons. The monoisotopic (exact) mass is 716 g/mol. The van der Waals surface area contributed by atoms with Crippen LogP contribution in [0.1, 0.15) is 0 Å². The van der Waals surface area contributed by atoms with Crippen molar-refractivity contribution in [3.05, 3.63) is 194 Å². The summed E-state index contributed by atoms with van der Waals surface area (Å²) in [7, 11) is 0. The molecule has 0 aliphatic heterocycles. The molecule has 0 fully saturated rings. The van der Waals surface area contributed by atoms with Crippen LogP contribution in [0.3, 0.4) is 0 Å². The van der Waals surface area contributed by atoms with E-state index < -0.39 is 0 Å². The average Bonchev–Trinajstić information content (AvgIpc) is 3.85. The number of aromatic nitrogens is 2. The minimum atomic E-state index is 0.654. The average molecular weight is 717 g/mol. The molecule has 8 aromatic carbocycles. The molecule has 0 N–H and O–H groups in total. The fourth-order valence-corrected chi connectivity index (χ4v) is 7.94. The zero-order valence-corrected chi connectivity index (χ0v) is 30.2. The van der Waals surface area contributed by atoms with Gasteiger partial charge in [-0.15, -0.1) is 0 Å². The summed E-state index contributed by atoms with van der Waals surface area (Å²) in [6.45, 7) is 0. The first-order chi connectivity index (χ1) is 27.7. The number of rotatable bonds is 6. The highest BCUT2D eigenvalue weighted by atomic mass is 16.3. The molecule has 0 unspecified atom stereocenters. The fraction of sp³-hybridized carbons (Fsp3) is 0. The Morgan fingerprint density at radius 3 is 1.59 bits per heavy atom. The van der Waals surface area contributed by atoms with Crippen molar-refractivity contribution in [2.75, 3.05) is 0 Å². The minimum absolute atomic E-state index is 0.654. The Labute approximate surface area is 323 Å². The first-order valence-corrected chi connectivity index (χ1v) is 18.8. The largest absolute Gasteiger partial charge is 0.456 e. The third kappa shape index (κ3) is 5.55. The predicted molar refractivity (Wildman–Crippen MR) is 229 cm³/mol. The van der Waals surface area contributed by atoms with E-state index in [0.29, 0.717) is 5.82 Å². The molecule has 0 radical (unpaired) electrons. The zero-order valence-electron chi connectivity index (χ0n) is 30.2. The lowest BCUT2D eigenvalue weighted by molar-refractivity contribution is 0.668. The maximum atomic E-state index is 6.50. The summed E-state index contributed by atoms with van der Waals surface area (Å²) >= 11 is 0. The van der Waals surface area contributed by atoms with Crippen LogP contribution >= 0.6 is 0 Å². The molecule has 0 saturated heterocycles. The lowest BCUT2D eigenvalue weighted by Gasteiger charge is -2.11. The normalized spacial score (nSPS) is 11.6. The Kier molecular flexibility index (Phi) is 7.46. The van der Waals surface area contributed by atoms with E-state index in [4.69, 9.17) is 18.8 Å². The number of hydrogen-bond donors (Lipinski definition) is 0. The molecule has 4 nitrogen and oxygen atoms in total. The summed E-state index contributed by atoms with van der Waals surface area (Å²) in [5, 5.41) is 4.24. The van der Waals surface area contributed by atoms with E-state index in [1.54, 1.807) is 0 Å². The first kappa shape index (κ1) is 31.9. The topological polar surface area (TPSA) is 52.1 Å². The van der Waals surface area contributed by atoms with Crippen LogP contribution in [0, 0.1) is 0 Å². The van der Waals surface area contributed by atoms with E-state index in [0.717, 1.165) is 83.1 Å². The van der Waals surface area contributed by atoms with E-state index in [9.17, 15) is 0 Å². The number of nitrogens with zero attached hydrogens (tertiary/aromatic N) is 2. The maximum Gasteiger partial charge on any atom is 0.160 e. The van der Waals surface area contributed by atoms with Crippen LogP contribution < -0.4 is 0 Å². The third-order valence-corrected chi connectivity index (χ3v) is 10.7. The van der Waals surface area contributed by atoms with Crippen LogP contribution in [-0.2, 0) is 0 Å². The number of para-hydroxylation sites is 1. The highest BCUT2D eigenvalue weighted by Crippen LogP contribution is 2.40. The van der Waals surface area contributed by atoms with Gasteiger partial charge < -0.3 is 8.83 Å². The maximum absolute atomic E-state index is 6.50. The highest BCUT2D eigenvalue weighted by Gasteiger charge is 2.18. The van der Waals surface area contributed by atoms with Gasteiger partial charge in [0, 0.05) is 38.2 Å². The Morgan fingerprint density at radius 1 is 0.286 bits per heavy atom. The van der Waals surface area contributed by atoms with Crippen LogP contribution in [-0.4, -0.2) is 9.97 Å². The van der Waals surface area contributed by atoms with Gasteiger partial charge in [-0.25, -0.2) is 9.97 Å². The highest BCUT2D eigenvalue weighted by molar-refractivity contribution is 6.13. The van der Waals surface area contributed by atoms with Crippen LogP contribution in [0.25, 0.3) is 111 Å². The second-order valence-electron chi connectivity index (χ2n) is 14.2. The van der Waals surface area contributed by atoms with Crippen molar-refractivity contribution in [3.63, 3.8) is 0 Å². The van der Waals surface area contributed by atoms with Crippen LogP contribution in [0.4, 0.5) is 0 Å². The summed E-state index contributed by atoms with van der Waals surface area (Å²) < 4.78 is 12.8. The molecule has 56 heavy (non-hydrogen) atoms. The Bertz CT molecular complexity index is 3250. The van der Waals surface area contributed by atoms with Crippen molar-refractivity contribution in [1.29, 1.82) is 0 Å². The summed E-state index contributed by atoms with van der Waals surface area (Å²) in [4.78, 5) is 10.3. The molecule has 3 aromatic heterocycles. The Morgan fingerprint density at radius 2 is 0.821 bits per heavy atom. The molecule has 0 amide bonds. The van der Waals surface area contributed by atoms with Gasteiger partial charge in [-0.05, 0) is 88.0 Å². The summed E-state index contributed by atoms with van der Waals surface area (Å²) in [6.07, 6.45) is 0. The van der Waals surface area contributed by atoms with Gasteiger partial charge in [-0.2, -0.15) is 0 Å². The van der Waals surface area contributed by atoms with Gasteiger partial charge in [0.05, 0.1) is 11.4 Å². The van der Waals surface area contributed by atoms with Crippen molar-refractivity contribution in [2.45, 2.75) is 0 Å². The van der Waals surface area contributed by atoms with Crippen LogP contribution in [0.5, 0.6) is 0 Å². The fourth-order valence-electron chi connectivity index (χ4n) is 7.94. The lowest BCUT2D eigenvalue weighted by atomic mass is 9.95. The third-order valence-electron chi connectivity index (χ3n) is 10.7. The number of furan rings is 2. The summed E-state index contributed by atoms with van der Waals surface area (Å²) in [6, 6.07) is 67.5. The van der Waals surface area contributed by atoms with E-state index in [-0.39, 0.29) is 0 Å².